The summed E-state index contributed by atoms with van der Waals surface area (Å²) in [5.74, 6) is -0.0511. The van der Waals surface area contributed by atoms with Gasteiger partial charge >= 0.3 is 0 Å². The lowest BCUT2D eigenvalue weighted by Gasteiger charge is -2.43. The number of rotatable bonds is 6. The average molecular weight is 500 g/mol. The van der Waals surface area contributed by atoms with E-state index in [0.717, 1.165) is 0 Å². The van der Waals surface area contributed by atoms with Crippen LogP contribution in [0.4, 0.5) is 24.7 Å². The van der Waals surface area contributed by atoms with E-state index in [-0.39, 0.29) is 42.5 Å². The van der Waals surface area contributed by atoms with Crippen LogP contribution in [0.5, 0.6) is 11.6 Å². The largest absolute Gasteiger partial charge is 0.493 e. The molecule has 0 saturated carbocycles. The third-order valence-corrected chi connectivity index (χ3v) is 6.61. The first-order chi connectivity index (χ1) is 17.3. The number of hydrogen-bond donors (Lipinski definition) is 1. The van der Waals surface area contributed by atoms with Crippen LogP contribution in [-0.2, 0) is 0 Å². The molecule has 9 nitrogen and oxygen atoms in total. The van der Waals surface area contributed by atoms with Crippen molar-refractivity contribution in [2.24, 2.45) is 0 Å². The molecule has 2 atom stereocenters. The molecule has 2 aliphatic rings. The highest BCUT2D eigenvalue weighted by molar-refractivity contribution is 5.78. The van der Waals surface area contributed by atoms with Gasteiger partial charge in [-0.3, -0.25) is 4.79 Å². The summed E-state index contributed by atoms with van der Waals surface area (Å²) in [7, 11) is 1.34. The van der Waals surface area contributed by atoms with Crippen molar-refractivity contribution in [3.63, 3.8) is 0 Å². The Bertz CT molecular complexity index is 1340. The zero-order chi connectivity index (χ0) is 25.6. The summed E-state index contributed by atoms with van der Waals surface area (Å²) >= 11 is 0. The number of carbonyl (C=O) groups is 1. The molecular formula is C24H23F3N6O3. The van der Waals surface area contributed by atoms with Crippen LogP contribution < -0.4 is 19.7 Å². The molecule has 0 radical (unpaired) electrons. The summed E-state index contributed by atoms with van der Waals surface area (Å²) in [6.45, 7) is 3.33. The van der Waals surface area contributed by atoms with Gasteiger partial charge in [-0.15, -0.1) is 10.2 Å². The summed E-state index contributed by atoms with van der Waals surface area (Å²) in [6, 6.07) is 5.99. The second kappa shape index (κ2) is 8.92. The minimum Gasteiger partial charge on any atom is -0.493 e. The second-order valence-corrected chi connectivity index (χ2v) is 8.80. The van der Waals surface area contributed by atoms with Crippen molar-refractivity contribution in [1.29, 1.82) is 0 Å². The van der Waals surface area contributed by atoms with Gasteiger partial charge in [0.15, 0.2) is 23.7 Å². The maximum absolute atomic E-state index is 14.6. The Morgan fingerprint density at radius 2 is 2.03 bits per heavy atom. The Labute approximate surface area is 204 Å². The minimum absolute atomic E-state index is 0.00759. The Hall–Kier alpha value is -3.96. The molecule has 1 fully saturated rings. The van der Waals surface area contributed by atoms with Crippen LogP contribution in [0.25, 0.3) is 11.3 Å². The number of carbonyl (C=O) groups excluding carboxylic acids is 1. The van der Waals surface area contributed by atoms with Gasteiger partial charge in [-0.25, -0.2) is 23.1 Å². The summed E-state index contributed by atoms with van der Waals surface area (Å²) in [4.78, 5) is 21.2. The van der Waals surface area contributed by atoms with E-state index in [1.54, 1.807) is 30.9 Å². The number of hydrogen-bond acceptors (Lipinski definition) is 9. The number of fused-ring (bicyclic) bond motifs is 3. The van der Waals surface area contributed by atoms with Crippen molar-refractivity contribution in [2.75, 3.05) is 30.4 Å². The van der Waals surface area contributed by atoms with Gasteiger partial charge in [0.1, 0.15) is 23.0 Å². The quantitative estimate of drug-likeness (QED) is 0.509. The highest BCUT2D eigenvalue weighted by Gasteiger charge is 2.56. The van der Waals surface area contributed by atoms with Crippen LogP contribution in [0.2, 0.25) is 0 Å². The number of anilines is 2. The lowest BCUT2D eigenvalue weighted by molar-refractivity contribution is 0.0527. The summed E-state index contributed by atoms with van der Waals surface area (Å²) < 4.78 is 54.7. The number of benzene rings is 1. The lowest BCUT2D eigenvalue weighted by Crippen LogP contribution is -2.57. The Balaban J connectivity index is 1.52. The predicted octanol–water partition coefficient (Wildman–Crippen LogP) is 3.60. The molecule has 2 aliphatic heterocycles. The van der Waals surface area contributed by atoms with Crippen LogP contribution in [0.15, 0.2) is 24.3 Å². The maximum Gasteiger partial charge on any atom is 0.263 e. The molecule has 0 unspecified atom stereocenters. The van der Waals surface area contributed by atoms with Gasteiger partial charge in [0.05, 0.1) is 30.7 Å². The molecule has 3 aromatic rings. The standard InChI is InChI=1S/C24H23F3N6O3/c1-12-18(10-34)29-13(2)22(30-12)36-14-8-24(23(26)27)11-28-21-19(33(24)9-14)7-17(31-32-21)15-5-4-6-16(25)20(15)35-3/h4-7,10,14,23H,8-9,11H2,1-3H3,(H,28,32)/t14-,24+/m1/s1. The van der Waals surface area contributed by atoms with Crippen LogP contribution in [0.3, 0.4) is 0 Å². The van der Waals surface area contributed by atoms with E-state index >= 15 is 0 Å². The fourth-order valence-electron chi connectivity index (χ4n) is 4.80. The van der Waals surface area contributed by atoms with Crippen LogP contribution >= 0.6 is 0 Å². The van der Waals surface area contributed by atoms with E-state index in [4.69, 9.17) is 9.47 Å². The van der Waals surface area contributed by atoms with E-state index in [2.05, 4.69) is 25.5 Å². The first-order valence-corrected chi connectivity index (χ1v) is 11.2. The smallest absolute Gasteiger partial charge is 0.263 e. The summed E-state index contributed by atoms with van der Waals surface area (Å²) in [6.07, 6.45) is -2.73. The number of aldehydes is 1. The SMILES string of the molecule is COc1c(F)cccc1-c1cc2c(nn1)NC[C@]1(C(F)F)C[C@@H](Oc3nc(C)c(C=O)nc3C)CN21. The zero-order valence-electron chi connectivity index (χ0n) is 19.8. The molecule has 36 heavy (non-hydrogen) atoms. The molecule has 0 amide bonds. The van der Waals surface area contributed by atoms with Crippen molar-refractivity contribution in [3.8, 4) is 22.9 Å². The molecule has 1 aromatic carbocycles. The lowest BCUT2D eigenvalue weighted by atomic mass is 9.93. The Morgan fingerprint density at radius 3 is 2.75 bits per heavy atom. The minimum atomic E-state index is -2.71. The molecule has 0 bridgehead atoms. The number of nitrogens with one attached hydrogen (secondary N) is 1. The predicted molar refractivity (Wildman–Crippen MR) is 124 cm³/mol. The third kappa shape index (κ3) is 3.76. The number of nitrogens with zero attached hydrogens (tertiary/aromatic N) is 5. The first-order valence-electron chi connectivity index (χ1n) is 11.2. The van der Waals surface area contributed by atoms with Crippen molar-refractivity contribution in [1.82, 2.24) is 20.2 Å². The number of methoxy groups -OCH3 is 1. The van der Waals surface area contributed by atoms with Crippen molar-refractivity contribution in [2.45, 2.75) is 38.3 Å². The molecule has 1 saturated heterocycles. The van der Waals surface area contributed by atoms with E-state index in [9.17, 15) is 18.0 Å². The van der Waals surface area contributed by atoms with E-state index in [1.807, 2.05) is 0 Å². The maximum atomic E-state index is 14.6. The Kier molecular flexibility index (Phi) is 5.89. The highest BCUT2D eigenvalue weighted by Crippen LogP contribution is 2.46. The van der Waals surface area contributed by atoms with Gasteiger partial charge in [-0.2, -0.15) is 0 Å². The van der Waals surface area contributed by atoms with Crippen LogP contribution in [0.1, 0.15) is 28.3 Å². The number of halogens is 3. The number of ether oxygens (including phenoxy) is 2. The van der Waals surface area contributed by atoms with Crippen molar-refractivity contribution in [3.05, 3.63) is 47.2 Å². The van der Waals surface area contributed by atoms with Gasteiger partial charge < -0.3 is 19.7 Å². The van der Waals surface area contributed by atoms with E-state index in [0.29, 0.717) is 34.7 Å². The first kappa shape index (κ1) is 23.8. The molecule has 2 aromatic heterocycles. The van der Waals surface area contributed by atoms with Crippen molar-refractivity contribution < 1.29 is 27.4 Å². The molecule has 188 valence electrons. The molecular weight excluding hydrogens is 477 g/mol. The zero-order valence-corrected chi connectivity index (χ0v) is 19.8. The third-order valence-electron chi connectivity index (χ3n) is 6.61. The molecule has 1 N–H and O–H groups in total. The highest BCUT2D eigenvalue weighted by atomic mass is 19.3. The molecule has 4 heterocycles. The van der Waals surface area contributed by atoms with Gasteiger partial charge in [-0.1, -0.05) is 6.07 Å². The summed E-state index contributed by atoms with van der Waals surface area (Å²) in [5, 5.41) is 11.3. The van der Waals surface area contributed by atoms with E-state index in [1.165, 1.54) is 19.2 Å². The fraction of sp³-hybridized carbons (Fsp3) is 0.375. The number of aryl methyl sites for hydroxylation is 2. The molecule has 0 spiro atoms. The van der Waals surface area contributed by atoms with E-state index < -0.39 is 23.9 Å². The average Bonchev–Trinajstić information content (AvgIpc) is 3.25. The molecule has 0 aliphatic carbocycles. The topological polar surface area (TPSA) is 102 Å². The van der Waals surface area contributed by atoms with Gasteiger partial charge in [-0.05, 0) is 32.0 Å². The van der Waals surface area contributed by atoms with Gasteiger partial charge in [0.2, 0.25) is 5.88 Å². The molecule has 5 rings (SSSR count). The van der Waals surface area contributed by atoms with Gasteiger partial charge in [0.25, 0.3) is 6.43 Å². The van der Waals surface area contributed by atoms with Crippen LogP contribution in [0, 0.1) is 19.7 Å². The second-order valence-electron chi connectivity index (χ2n) is 8.80. The number of alkyl halides is 2. The Morgan fingerprint density at radius 1 is 1.22 bits per heavy atom. The van der Waals surface area contributed by atoms with Crippen LogP contribution in [-0.4, -0.2) is 64.7 Å². The number of aromatic nitrogens is 4. The van der Waals surface area contributed by atoms with Crippen molar-refractivity contribution >= 4 is 17.8 Å². The summed E-state index contributed by atoms with van der Waals surface area (Å²) in [5.41, 5.74) is 0.449. The molecule has 12 heteroatoms. The normalized spacial score (nSPS) is 20.5. The van der Waals surface area contributed by atoms with Gasteiger partial charge in [0, 0.05) is 18.5 Å². The number of para-hydroxylation sites is 1. The fourth-order valence-corrected chi connectivity index (χ4v) is 4.80. The monoisotopic (exact) mass is 500 g/mol.